The van der Waals surface area contributed by atoms with Gasteiger partial charge in [-0.1, -0.05) is 13.3 Å². The predicted molar refractivity (Wildman–Crippen MR) is 50.7 cm³/mol. The molecule has 0 aromatic heterocycles. The van der Waals surface area contributed by atoms with Crippen LogP contribution < -0.4 is 0 Å². The van der Waals surface area contributed by atoms with E-state index in [1.165, 1.54) is 5.01 Å². The van der Waals surface area contributed by atoms with E-state index in [2.05, 4.69) is 21.0 Å². The molecule has 0 aliphatic carbocycles. The van der Waals surface area contributed by atoms with Crippen molar-refractivity contribution >= 4 is 22.3 Å². The first-order valence-electron chi connectivity index (χ1n) is 4.26. The summed E-state index contributed by atoms with van der Waals surface area (Å²) in [6.45, 7) is 2.50. The van der Waals surface area contributed by atoms with Crippen LogP contribution in [0.5, 0.6) is 0 Å². The van der Waals surface area contributed by atoms with Gasteiger partial charge in [-0.25, -0.2) is 4.90 Å². The summed E-state index contributed by atoms with van der Waals surface area (Å²) in [5, 5.41) is 4.13. The Balaban J connectivity index is 2.52. The molecule has 3 nitrogen and oxygen atoms in total. The zero-order valence-corrected chi connectivity index (χ0v) is 9.22. The lowest BCUT2D eigenvalue weighted by molar-refractivity contribution is -0.223. The van der Waals surface area contributed by atoms with E-state index in [1.54, 1.807) is 0 Å². The number of alkyl halides is 4. The van der Waals surface area contributed by atoms with Crippen LogP contribution in [0.15, 0.2) is 5.10 Å². The van der Waals surface area contributed by atoms with Crippen molar-refractivity contribution in [3.05, 3.63) is 0 Å². The maximum absolute atomic E-state index is 12.3. The van der Waals surface area contributed by atoms with Gasteiger partial charge in [0.2, 0.25) is 0 Å². The minimum Gasteiger partial charge on any atom is -0.263 e. The van der Waals surface area contributed by atoms with Crippen LogP contribution >= 0.6 is 15.9 Å². The third-order valence-electron chi connectivity index (χ3n) is 1.83. The third kappa shape index (κ3) is 2.52. The Hall–Kier alpha value is -0.460. The van der Waals surface area contributed by atoms with E-state index in [1.807, 2.05) is 6.92 Å². The third-order valence-corrected chi connectivity index (χ3v) is 2.75. The molecule has 0 saturated heterocycles. The second-order valence-corrected chi connectivity index (χ2v) is 3.75. The van der Waals surface area contributed by atoms with Gasteiger partial charge in [0.05, 0.1) is 0 Å². The average Bonchev–Trinajstić information content (AvgIpc) is 2.42. The predicted octanol–water partition coefficient (Wildman–Crippen LogP) is 2.55. The molecule has 0 amide bonds. The van der Waals surface area contributed by atoms with Crippen LogP contribution in [0.1, 0.15) is 19.8 Å². The van der Waals surface area contributed by atoms with Gasteiger partial charge in [-0.05, 0) is 22.4 Å². The van der Waals surface area contributed by atoms with E-state index in [0.717, 1.165) is 19.2 Å². The molecule has 0 N–H and O–H groups in total. The van der Waals surface area contributed by atoms with E-state index in [-0.39, 0.29) is 4.90 Å². The molecule has 14 heavy (non-hydrogen) atoms. The van der Waals surface area contributed by atoms with Gasteiger partial charge in [-0.15, -0.1) is 13.2 Å². The number of hydrogen-bond acceptors (Lipinski definition) is 3. The molecule has 1 heterocycles. The minimum absolute atomic E-state index is 0.225. The number of hydrazone groups is 1. The van der Waals surface area contributed by atoms with Gasteiger partial charge in [-0.3, -0.25) is 5.01 Å². The summed E-state index contributed by atoms with van der Waals surface area (Å²) in [5.41, 5.74) is 0. The van der Waals surface area contributed by atoms with Crippen molar-refractivity contribution in [3.8, 4) is 0 Å². The molecule has 1 aliphatic rings. The lowest BCUT2D eigenvalue weighted by atomic mass is 10.3. The Labute approximate surface area is 88.7 Å². The van der Waals surface area contributed by atoms with Crippen molar-refractivity contribution in [2.24, 2.45) is 5.10 Å². The second kappa shape index (κ2) is 4.37. The number of hydrogen-bond donors (Lipinski definition) is 0. The van der Waals surface area contributed by atoms with Gasteiger partial charge in [0.15, 0.2) is 5.08 Å². The highest BCUT2D eigenvalue weighted by atomic mass is 79.9. The highest BCUT2D eigenvalue weighted by molar-refractivity contribution is 9.09. The van der Waals surface area contributed by atoms with Crippen LogP contribution in [-0.2, 0) is 0 Å². The van der Waals surface area contributed by atoms with E-state index >= 15 is 0 Å². The minimum atomic E-state index is -4.38. The monoisotopic (exact) mass is 273 g/mol. The van der Waals surface area contributed by atoms with E-state index in [4.69, 9.17) is 0 Å². The fourth-order valence-electron chi connectivity index (χ4n) is 1.05. The van der Waals surface area contributed by atoms with Gasteiger partial charge in [0.1, 0.15) is 6.34 Å². The van der Waals surface area contributed by atoms with E-state index < -0.39 is 11.4 Å². The van der Waals surface area contributed by atoms with Crippen molar-refractivity contribution in [3.63, 3.8) is 0 Å². The van der Waals surface area contributed by atoms with Crippen LogP contribution in [0, 0.1) is 0 Å². The zero-order valence-electron chi connectivity index (χ0n) is 7.63. The fraction of sp³-hybridized carbons (Fsp3) is 0.857. The van der Waals surface area contributed by atoms with Crippen molar-refractivity contribution < 1.29 is 13.2 Å². The van der Waals surface area contributed by atoms with Crippen molar-refractivity contribution in [1.29, 1.82) is 0 Å². The summed E-state index contributed by atoms with van der Waals surface area (Å²) in [7, 11) is 0. The summed E-state index contributed by atoms with van der Waals surface area (Å²) in [6.07, 6.45) is -1.82. The summed E-state index contributed by atoms with van der Waals surface area (Å²) >= 11 is 2.94. The standard InChI is InChI=1S/C7H11BrF3N3/c1-2-3-4-14-6(8)13(5-12-14)7(9,10)11/h5-6H,2-4H2,1H3. The molecule has 0 radical (unpaired) electrons. The maximum Gasteiger partial charge on any atom is 0.488 e. The number of rotatable bonds is 3. The molecule has 1 rings (SSSR count). The Morgan fingerprint density at radius 2 is 2.14 bits per heavy atom. The summed E-state index contributed by atoms with van der Waals surface area (Å²) < 4.78 is 36.9. The topological polar surface area (TPSA) is 18.8 Å². The molecule has 0 aromatic rings. The van der Waals surface area contributed by atoms with Crippen molar-refractivity contribution in [2.45, 2.75) is 31.1 Å². The molecule has 0 aromatic carbocycles. The van der Waals surface area contributed by atoms with Crippen LogP contribution in [0.4, 0.5) is 13.2 Å². The van der Waals surface area contributed by atoms with Crippen molar-refractivity contribution in [2.75, 3.05) is 6.54 Å². The summed E-state index contributed by atoms with van der Waals surface area (Å²) in [6, 6.07) is 0. The zero-order chi connectivity index (χ0) is 10.8. The van der Waals surface area contributed by atoms with Gasteiger partial charge < -0.3 is 0 Å². The Morgan fingerprint density at radius 3 is 2.57 bits per heavy atom. The average molecular weight is 274 g/mol. The lowest BCUT2D eigenvalue weighted by Gasteiger charge is -2.26. The Kier molecular flexibility index (Phi) is 3.63. The highest BCUT2D eigenvalue weighted by Crippen LogP contribution is 2.30. The quantitative estimate of drug-likeness (QED) is 0.581. The van der Waals surface area contributed by atoms with Gasteiger partial charge >= 0.3 is 6.30 Å². The number of unbranched alkanes of at least 4 members (excludes halogenated alkanes) is 1. The van der Waals surface area contributed by atoms with E-state index in [0.29, 0.717) is 6.54 Å². The smallest absolute Gasteiger partial charge is 0.263 e. The fourth-order valence-corrected chi connectivity index (χ4v) is 1.69. The second-order valence-electron chi connectivity index (χ2n) is 2.93. The van der Waals surface area contributed by atoms with Crippen LogP contribution in [-0.4, -0.2) is 34.2 Å². The van der Waals surface area contributed by atoms with Gasteiger partial charge in [0.25, 0.3) is 0 Å². The molecular formula is C7H11BrF3N3. The summed E-state index contributed by atoms with van der Waals surface area (Å²) in [5.74, 6) is 0. The van der Waals surface area contributed by atoms with Crippen molar-refractivity contribution in [1.82, 2.24) is 9.91 Å². The molecule has 1 unspecified atom stereocenters. The Morgan fingerprint density at radius 1 is 1.50 bits per heavy atom. The van der Waals surface area contributed by atoms with E-state index in [9.17, 15) is 13.2 Å². The first kappa shape index (κ1) is 11.6. The molecule has 7 heteroatoms. The largest absolute Gasteiger partial charge is 0.488 e. The first-order chi connectivity index (χ1) is 6.46. The number of nitrogens with zero attached hydrogens (tertiary/aromatic N) is 3. The first-order valence-corrected chi connectivity index (χ1v) is 5.18. The SMILES string of the molecule is CCCCN1N=CN(C(F)(F)F)C1Br. The molecular weight excluding hydrogens is 263 g/mol. The molecule has 0 saturated carbocycles. The van der Waals surface area contributed by atoms with Gasteiger partial charge in [0, 0.05) is 6.54 Å². The number of halogens is 4. The maximum atomic E-state index is 12.3. The molecule has 1 atom stereocenters. The van der Waals surface area contributed by atoms with Gasteiger partial charge in [-0.2, -0.15) is 5.10 Å². The molecule has 82 valence electrons. The molecule has 0 fully saturated rings. The van der Waals surface area contributed by atoms with Crippen LogP contribution in [0.2, 0.25) is 0 Å². The lowest BCUT2D eigenvalue weighted by Crippen LogP contribution is -2.43. The molecule has 0 spiro atoms. The molecule has 1 aliphatic heterocycles. The van der Waals surface area contributed by atoms with Crippen LogP contribution in [0.3, 0.4) is 0 Å². The Bertz CT molecular complexity index is 219. The molecule has 0 bridgehead atoms. The highest BCUT2D eigenvalue weighted by Gasteiger charge is 2.44. The normalized spacial score (nSPS) is 22.2. The summed E-state index contributed by atoms with van der Waals surface area (Å²) in [4.78, 5) is 0.225. The van der Waals surface area contributed by atoms with Crippen LogP contribution in [0.25, 0.3) is 0 Å².